The van der Waals surface area contributed by atoms with Gasteiger partial charge in [0.1, 0.15) is 58.6 Å². The van der Waals surface area contributed by atoms with Crippen LogP contribution in [-0.4, -0.2) is 250 Å². The SMILES string of the molecule is CCCCCCCCCCCCSCC(C)C(=O)CCCOC(=O)CCN(CCCN(CCCN(CCC(=O)OCCOC(=O)C(C)CSCCCCCCCCCCCC)CCC(=O)OCCOC(=O)C(C)CSCCCCCCCCCCCC)CCC(=O)OCCOC(=O)C(C)CSCCCCCCCCCCCC)CCC(=O)OCCOC(=O)C(C)CSCCCCCCCCCCCC. The van der Waals surface area contributed by atoms with Gasteiger partial charge in [-0.05, 0) is 106 Å². The van der Waals surface area contributed by atoms with Crippen LogP contribution in [0.3, 0.4) is 0 Å². The van der Waals surface area contributed by atoms with E-state index in [0.717, 1.165) is 66.6 Å². The summed E-state index contributed by atoms with van der Waals surface area (Å²) in [6, 6.07) is 0. The maximum absolute atomic E-state index is 13.6. The predicted molar refractivity (Wildman–Crippen MR) is 586 cm³/mol. The third-order valence-corrected chi connectivity index (χ3v) is 32.0. The molecule has 0 heterocycles. The molecule has 0 aromatic rings. The van der Waals surface area contributed by atoms with E-state index in [0.29, 0.717) is 74.9 Å². The molecule has 0 N–H and O–H groups in total. The van der Waals surface area contributed by atoms with E-state index in [1.807, 2.05) is 56.2 Å². The van der Waals surface area contributed by atoms with Gasteiger partial charge >= 0.3 is 53.7 Å². The summed E-state index contributed by atoms with van der Waals surface area (Å²) >= 11 is 8.90. The number of rotatable bonds is 109. The average molecular weight is 2060 g/mol. The maximum Gasteiger partial charge on any atom is 0.309 e. The van der Waals surface area contributed by atoms with Crippen molar-refractivity contribution in [3.05, 3.63) is 0 Å². The zero-order valence-electron chi connectivity index (χ0n) is 90.5. The number of Topliss-reactive ketones (excluding diaryl/α,β-unsaturated/α-hetero) is 1. The number of hydrogen-bond acceptors (Lipinski definition) is 27. The molecule has 0 aliphatic rings. The van der Waals surface area contributed by atoms with Crippen molar-refractivity contribution < 1.29 is 90.6 Å². The second-order valence-electron chi connectivity index (χ2n) is 39.1. The Balaban J connectivity index is 6.55. The molecule has 0 radical (unpaired) electrons. The van der Waals surface area contributed by atoms with Gasteiger partial charge in [0, 0.05) is 73.8 Å². The molecule has 0 saturated carbocycles. The first-order chi connectivity index (χ1) is 67.7. The monoisotopic (exact) mass is 2060 g/mol. The smallest absolute Gasteiger partial charge is 0.309 e. The highest BCUT2D eigenvalue weighted by Gasteiger charge is 2.23. The average Bonchev–Trinajstić information content (AvgIpc) is 0.839. The van der Waals surface area contributed by atoms with Crippen molar-refractivity contribution in [2.24, 2.45) is 29.6 Å². The van der Waals surface area contributed by atoms with Crippen LogP contribution in [0.4, 0.5) is 0 Å². The molecule has 0 rings (SSSR count). The third-order valence-electron chi connectivity index (χ3n) is 25.5. The Kier molecular flexibility index (Phi) is 102. The van der Waals surface area contributed by atoms with E-state index in [4.69, 9.17) is 42.6 Å². The molecule has 0 aliphatic heterocycles. The van der Waals surface area contributed by atoms with E-state index < -0.39 is 29.8 Å². The summed E-state index contributed by atoms with van der Waals surface area (Å²) in [5.41, 5.74) is 0. The Bertz CT molecular complexity index is 2590. The summed E-state index contributed by atoms with van der Waals surface area (Å²) in [6.45, 7) is 23.1. The van der Waals surface area contributed by atoms with Crippen LogP contribution in [0.5, 0.6) is 0 Å². The Morgan fingerprint density at radius 1 is 0.180 bits per heavy atom. The van der Waals surface area contributed by atoms with Crippen LogP contribution in [0.15, 0.2) is 0 Å². The van der Waals surface area contributed by atoms with Crippen molar-refractivity contribution in [2.45, 2.75) is 448 Å². The summed E-state index contributed by atoms with van der Waals surface area (Å²) in [4.78, 5) is 139. The lowest BCUT2D eigenvalue weighted by molar-refractivity contribution is -0.154. The van der Waals surface area contributed by atoms with Crippen LogP contribution < -0.4 is 0 Å². The maximum atomic E-state index is 13.6. The minimum absolute atomic E-state index is 0.0108. The lowest BCUT2D eigenvalue weighted by Gasteiger charge is -2.27. The fourth-order valence-corrected chi connectivity index (χ4v) is 21.6. The number of thioether (sulfide) groups is 5. The van der Waals surface area contributed by atoms with E-state index >= 15 is 0 Å². The van der Waals surface area contributed by atoms with Crippen LogP contribution in [-0.2, 0) is 90.6 Å². The lowest BCUT2D eigenvalue weighted by Crippen LogP contribution is -2.36. The first-order valence-corrected chi connectivity index (χ1v) is 62.5. The Labute approximate surface area is 871 Å². The highest BCUT2D eigenvalue weighted by molar-refractivity contribution is 8.00. The van der Waals surface area contributed by atoms with Gasteiger partial charge in [-0.15, -0.1) is 0 Å². The van der Waals surface area contributed by atoms with E-state index in [9.17, 15) is 47.9 Å². The summed E-state index contributed by atoms with van der Waals surface area (Å²) in [7, 11) is 0. The molecule has 0 bridgehead atoms. The van der Waals surface area contributed by atoms with Crippen LogP contribution >= 0.6 is 58.8 Å². The van der Waals surface area contributed by atoms with Gasteiger partial charge in [-0.3, -0.25) is 47.9 Å². The number of carbonyl (C=O) groups is 10. The standard InChI is InChI=1S/C112H209N3O19S5/c1-11-16-21-26-31-36-41-46-51-56-88-135-93-98(6)103(116)64-61-79-126-104(117)66-75-114(76-67-106(119)128-81-85-132-110(123)100(8)95-137-90-58-53-48-43-38-33-28-23-18-13-3)72-62-70-113(74-65-105(118)127-80-84-131-109(122)99(7)94-136-89-57-52-47-42-37-32-27-22-17-12-2)71-63-73-115(77-68-107(120)129-82-86-133-111(124)101(9)96-138-91-59-54-49-44-39-34-29-24-19-14-4)78-69-108(121)130-83-87-134-112(125)102(10)97-139-92-60-55-50-45-40-35-30-25-20-15-5/h98-102H,11-97H2,1-10H3. The highest BCUT2D eigenvalue weighted by Crippen LogP contribution is 2.24. The van der Waals surface area contributed by atoms with Crippen molar-refractivity contribution in [3.63, 3.8) is 0 Å². The van der Waals surface area contributed by atoms with Gasteiger partial charge in [0.05, 0.1) is 62.4 Å². The zero-order chi connectivity index (χ0) is 102. The minimum Gasteiger partial charge on any atom is -0.466 e. The van der Waals surface area contributed by atoms with E-state index in [-0.39, 0.29) is 184 Å². The number of ketones is 1. The van der Waals surface area contributed by atoms with Crippen molar-refractivity contribution in [2.75, 3.05) is 176 Å². The van der Waals surface area contributed by atoms with Crippen LogP contribution in [0.25, 0.3) is 0 Å². The fourth-order valence-electron chi connectivity index (χ4n) is 16.2. The molecule has 5 atom stereocenters. The van der Waals surface area contributed by atoms with Gasteiger partial charge in [0.25, 0.3) is 0 Å². The van der Waals surface area contributed by atoms with Gasteiger partial charge in [0.2, 0.25) is 0 Å². The zero-order valence-corrected chi connectivity index (χ0v) is 94.6. The molecule has 0 amide bonds. The molecule has 5 unspecified atom stereocenters. The number of hydrogen-bond donors (Lipinski definition) is 0. The molecular weight excluding hydrogens is 1850 g/mol. The van der Waals surface area contributed by atoms with Crippen molar-refractivity contribution >= 4 is 118 Å². The van der Waals surface area contributed by atoms with Crippen molar-refractivity contribution in [3.8, 4) is 0 Å². The van der Waals surface area contributed by atoms with E-state index in [1.54, 1.807) is 47.0 Å². The van der Waals surface area contributed by atoms with E-state index in [2.05, 4.69) is 39.5 Å². The van der Waals surface area contributed by atoms with Crippen LogP contribution in [0.1, 0.15) is 448 Å². The van der Waals surface area contributed by atoms with E-state index in [1.165, 1.54) is 289 Å². The van der Waals surface area contributed by atoms with Gasteiger partial charge in [0.15, 0.2) is 0 Å². The number of carbonyl (C=O) groups excluding carboxylic acids is 10. The van der Waals surface area contributed by atoms with Gasteiger partial charge in [-0.1, -0.05) is 358 Å². The Morgan fingerprint density at radius 3 is 0.547 bits per heavy atom. The van der Waals surface area contributed by atoms with Gasteiger partial charge in [-0.2, -0.15) is 58.8 Å². The van der Waals surface area contributed by atoms with Crippen LogP contribution in [0.2, 0.25) is 0 Å². The van der Waals surface area contributed by atoms with Crippen LogP contribution in [0, 0.1) is 29.6 Å². The quantitative estimate of drug-likeness (QED) is 0.0311. The molecule has 816 valence electrons. The first kappa shape index (κ1) is 136. The molecule has 22 nitrogen and oxygen atoms in total. The second kappa shape index (κ2) is 104. The minimum atomic E-state index is -0.498. The van der Waals surface area contributed by atoms with Crippen molar-refractivity contribution in [1.29, 1.82) is 0 Å². The molecular formula is C112H209N3O19S5. The lowest BCUT2D eigenvalue weighted by atomic mass is 10.0. The number of nitrogens with zero attached hydrogens (tertiary/aromatic N) is 3. The molecule has 0 saturated heterocycles. The largest absolute Gasteiger partial charge is 0.466 e. The van der Waals surface area contributed by atoms with Gasteiger partial charge in [-0.25, -0.2) is 0 Å². The first-order valence-electron chi connectivity index (χ1n) is 56.7. The summed E-state index contributed by atoms with van der Waals surface area (Å²) < 4.78 is 50.4. The molecule has 0 aromatic carbocycles. The number of ether oxygens (including phenoxy) is 9. The molecule has 0 fully saturated rings. The molecule has 0 aliphatic carbocycles. The molecule has 139 heavy (non-hydrogen) atoms. The topological polar surface area (TPSA) is 263 Å². The fraction of sp³-hybridized carbons (Fsp3) is 0.911. The second-order valence-corrected chi connectivity index (χ2v) is 44.9. The molecule has 0 spiro atoms. The van der Waals surface area contributed by atoms with Crippen molar-refractivity contribution in [1.82, 2.24) is 14.7 Å². The van der Waals surface area contributed by atoms with Gasteiger partial charge < -0.3 is 57.3 Å². The molecule has 0 aromatic heterocycles. The highest BCUT2D eigenvalue weighted by atomic mass is 32.2. The number of esters is 9. The summed E-state index contributed by atoms with van der Waals surface area (Å²) in [6.07, 6.45) is 65.5. The third kappa shape index (κ3) is 94.0. The normalized spacial score (nSPS) is 12.6. The Hall–Kier alpha value is -3.47. The molecule has 27 heteroatoms. The predicted octanol–water partition coefficient (Wildman–Crippen LogP) is 27.3. The summed E-state index contributed by atoms with van der Waals surface area (Å²) in [5.74, 6) is 3.55. The number of unbranched alkanes of at least 4 members (excludes halogenated alkanes) is 45. The summed E-state index contributed by atoms with van der Waals surface area (Å²) in [5, 5.41) is 0. The Morgan fingerprint density at radius 2 is 0.345 bits per heavy atom.